The molecule has 0 aliphatic heterocycles. The lowest BCUT2D eigenvalue weighted by Gasteiger charge is -2.16. The van der Waals surface area contributed by atoms with Crippen LogP contribution in [0.3, 0.4) is 0 Å². The molecule has 5 N–H and O–H groups in total. The zero-order chi connectivity index (χ0) is 12.1. The normalized spacial score (nSPS) is 9.00. The summed E-state index contributed by atoms with van der Waals surface area (Å²) in [5, 5.41) is 16.2. The number of anilines is 1. The summed E-state index contributed by atoms with van der Waals surface area (Å²) >= 11 is 0. The lowest BCUT2D eigenvalue weighted by atomic mass is 10.2. The van der Waals surface area contributed by atoms with Gasteiger partial charge in [-0.3, -0.25) is 5.41 Å². The maximum atomic E-state index is 8.63. The molecule has 1 aromatic carbocycles. The van der Waals surface area contributed by atoms with Gasteiger partial charge in [0.2, 0.25) is 5.96 Å². The summed E-state index contributed by atoms with van der Waals surface area (Å²) in [6.07, 6.45) is 0. The first-order valence-electron chi connectivity index (χ1n) is 4.46. The maximum Gasteiger partial charge on any atom is 0.225 e. The molecule has 6 nitrogen and oxygen atoms in total. The summed E-state index contributed by atoms with van der Waals surface area (Å²) in [6.45, 7) is 0. The number of nitrogens with zero attached hydrogens (tertiary/aromatic N) is 3. The van der Waals surface area contributed by atoms with Crippen LogP contribution in [-0.4, -0.2) is 19.0 Å². The van der Waals surface area contributed by atoms with E-state index in [0.717, 1.165) is 5.69 Å². The number of rotatable bonds is 1. The van der Waals surface area contributed by atoms with Gasteiger partial charge in [-0.15, -0.1) is 0 Å². The van der Waals surface area contributed by atoms with Gasteiger partial charge in [0, 0.05) is 12.7 Å². The van der Waals surface area contributed by atoms with Crippen molar-refractivity contribution in [2.24, 2.45) is 16.5 Å². The minimum Gasteiger partial charge on any atom is -0.370 e. The van der Waals surface area contributed by atoms with Crippen molar-refractivity contribution in [3.63, 3.8) is 0 Å². The quantitative estimate of drug-likeness (QED) is 0.459. The molecule has 0 saturated carbocycles. The van der Waals surface area contributed by atoms with E-state index in [1.807, 2.05) is 6.07 Å². The Labute approximate surface area is 93.3 Å². The third-order valence-corrected chi connectivity index (χ3v) is 1.94. The molecule has 1 rings (SSSR count). The largest absolute Gasteiger partial charge is 0.370 e. The lowest BCUT2D eigenvalue weighted by Crippen LogP contribution is -2.30. The zero-order valence-corrected chi connectivity index (χ0v) is 8.81. The number of hydrogen-bond acceptors (Lipinski definition) is 2. The van der Waals surface area contributed by atoms with Gasteiger partial charge in [-0.2, -0.15) is 10.3 Å². The van der Waals surface area contributed by atoms with Crippen molar-refractivity contribution < 1.29 is 0 Å². The molecule has 0 saturated heterocycles. The van der Waals surface area contributed by atoms with Crippen molar-refractivity contribution in [3.05, 3.63) is 29.8 Å². The molecule has 0 bridgehead atoms. The Kier molecular flexibility index (Phi) is 3.45. The number of nitrogens with two attached hydrogens (primary N) is 2. The minimum atomic E-state index is -0.162. The van der Waals surface area contributed by atoms with Crippen molar-refractivity contribution in [1.82, 2.24) is 0 Å². The van der Waals surface area contributed by atoms with Gasteiger partial charge in [0.1, 0.15) is 0 Å². The van der Waals surface area contributed by atoms with Crippen molar-refractivity contribution in [1.29, 1.82) is 10.7 Å². The third-order valence-electron chi connectivity index (χ3n) is 1.94. The third kappa shape index (κ3) is 2.72. The predicted molar refractivity (Wildman–Crippen MR) is 63.1 cm³/mol. The summed E-state index contributed by atoms with van der Waals surface area (Å²) in [6, 6.07) is 8.77. The molecule has 0 amide bonds. The van der Waals surface area contributed by atoms with Crippen LogP contribution in [0, 0.1) is 16.7 Å². The molecule has 16 heavy (non-hydrogen) atoms. The molecule has 0 fully saturated rings. The Balaban J connectivity index is 2.89. The Morgan fingerprint density at radius 2 is 1.94 bits per heavy atom. The molecule has 0 unspecified atom stereocenters. The Morgan fingerprint density at radius 3 is 2.38 bits per heavy atom. The number of hydrogen-bond donors (Lipinski definition) is 3. The molecular weight excluding hydrogens is 204 g/mol. The summed E-state index contributed by atoms with van der Waals surface area (Å²) in [4.78, 5) is 5.11. The van der Waals surface area contributed by atoms with Gasteiger partial charge in [0.05, 0.1) is 11.6 Å². The maximum absolute atomic E-state index is 8.63. The second-order valence-corrected chi connectivity index (χ2v) is 3.08. The van der Waals surface area contributed by atoms with Crippen LogP contribution in [0.15, 0.2) is 29.3 Å². The molecule has 0 aromatic heterocycles. The van der Waals surface area contributed by atoms with Gasteiger partial charge in [-0.1, -0.05) is 0 Å². The Bertz CT molecular complexity index is 449. The molecule has 1 aromatic rings. The smallest absolute Gasteiger partial charge is 0.225 e. The highest BCUT2D eigenvalue weighted by molar-refractivity contribution is 6.00. The van der Waals surface area contributed by atoms with Gasteiger partial charge in [-0.25, -0.2) is 0 Å². The van der Waals surface area contributed by atoms with Crippen molar-refractivity contribution >= 4 is 17.6 Å². The molecule has 0 aliphatic rings. The SMILES string of the molecule is CN(C(=N)N=C(N)N)c1ccc(C#N)cc1. The van der Waals surface area contributed by atoms with Crippen LogP contribution in [0.2, 0.25) is 0 Å². The van der Waals surface area contributed by atoms with Gasteiger partial charge < -0.3 is 16.4 Å². The first kappa shape index (κ1) is 11.5. The van der Waals surface area contributed by atoms with E-state index in [-0.39, 0.29) is 11.9 Å². The second kappa shape index (κ2) is 4.79. The fourth-order valence-electron chi connectivity index (χ4n) is 1.08. The molecule has 0 aliphatic carbocycles. The fraction of sp³-hybridized carbons (Fsp3) is 0.100. The van der Waals surface area contributed by atoms with Gasteiger partial charge in [0.15, 0.2) is 5.96 Å². The van der Waals surface area contributed by atoms with E-state index < -0.39 is 0 Å². The van der Waals surface area contributed by atoms with Crippen molar-refractivity contribution in [2.45, 2.75) is 0 Å². The van der Waals surface area contributed by atoms with Gasteiger partial charge >= 0.3 is 0 Å². The van der Waals surface area contributed by atoms with E-state index >= 15 is 0 Å². The number of nitrogens with one attached hydrogen (secondary N) is 1. The monoisotopic (exact) mass is 216 g/mol. The predicted octanol–water partition coefficient (Wildman–Crippen LogP) is 0.203. The summed E-state index contributed by atoms with van der Waals surface area (Å²) in [5.74, 6) is -0.227. The van der Waals surface area contributed by atoms with E-state index in [1.165, 1.54) is 4.90 Å². The zero-order valence-electron chi connectivity index (χ0n) is 8.81. The van der Waals surface area contributed by atoms with Crippen LogP contribution >= 0.6 is 0 Å². The number of benzene rings is 1. The molecule has 0 spiro atoms. The first-order chi connectivity index (χ1) is 7.54. The van der Waals surface area contributed by atoms with E-state index in [0.29, 0.717) is 5.56 Å². The number of nitriles is 1. The molecule has 0 atom stereocenters. The van der Waals surface area contributed by atoms with Gasteiger partial charge in [0.25, 0.3) is 0 Å². The highest BCUT2D eigenvalue weighted by atomic mass is 15.2. The topological polar surface area (TPSA) is 115 Å². The molecular formula is C10H12N6. The van der Waals surface area contributed by atoms with E-state index in [4.69, 9.17) is 22.1 Å². The van der Waals surface area contributed by atoms with Crippen LogP contribution < -0.4 is 16.4 Å². The van der Waals surface area contributed by atoms with E-state index in [9.17, 15) is 0 Å². The Hall–Kier alpha value is -2.55. The van der Waals surface area contributed by atoms with Crippen LogP contribution in [0.4, 0.5) is 5.69 Å². The summed E-state index contributed by atoms with van der Waals surface area (Å²) < 4.78 is 0. The van der Waals surface area contributed by atoms with E-state index in [1.54, 1.807) is 31.3 Å². The van der Waals surface area contributed by atoms with Crippen LogP contribution in [0.25, 0.3) is 0 Å². The number of aliphatic imine (C=N–C) groups is 1. The Morgan fingerprint density at radius 1 is 1.38 bits per heavy atom. The van der Waals surface area contributed by atoms with Gasteiger partial charge in [-0.05, 0) is 24.3 Å². The van der Waals surface area contributed by atoms with Crippen LogP contribution in [0.1, 0.15) is 5.56 Å². The summed E-state index contributed by atoms with van der Waals surface area (Å²) in [5.41, 5.74) is 11.6. The highest BCUT2D eigenvalue weighted by Gasteiger charge is 2.05. The minimum absolute atomic E-state index is 0.0651. The lowest BCUT2D eigenvalue weighted by molar-refractivity contribution is 1.19. The average Bonchev–Trinajstić information content (AvgIpc) is 2.27. The average molecular weight is 216 g/mol. The van der Waals surface area contributed by atoms with E-state index in [2.05, 4.69) is 4.99 Å². The van der Waals surface area contributed by atoms with Crippen LogP contribution in [-0.2, 0) is 0 Å². The van der Waals surface area contributed by atoms with Crippen molar-refractivity contribution in [2.75, 3.05) is 11.9 Å². The summed E-state index contributed by atoms with van der Waals surface area (Å²) in [7, 11) is 1.66. The molecule has 0 radical (unpaired) electrons. The number of guanidine groups is 2. The van der Waals surface area contributed by atoms with Crippen molar-refractivity contribution in [3.8, 4) is 6.07 Å². The van der Waals surface area contributed by atoms with Crippen LogP contribution in [0.5, 0.6) is 0 Å². The molecule has 0 heterocycles. The molecule has 6 heteroatoms. The standard InChI is InChI=1S/C10H12N6/c1-16(10(14)15-9(12)13)8-4-2-7(6-11)3-5-8/h2-5H,1H3,(H5,12,13,14,15). The second-order valence-electron chi connectivity index (χ2n) is 3.08. The highest BCUT2D eigenvalue weighted by Crippen LogP contribution is 2.13. The fourth-order valence-corrected chi connectivity index (χ4v) is 1.08. The first-order valence-corrected chi connectivity index (χ1v) is 4.46. The molecule has 82 valence electrons.